The maximum absolute atomic E-state index is 3.52. The van der Waals surface area contributed by atoms with E-state index in [2.05, 4.69) is 48.1 Å². The lowest BCUT2D eigenvalue weighted by Gasteiger charge is -2.49. The summed E-state index contributed by atoms with van der Waals surface area (Å²) in [6.45, 7) is 14.2. The smallest absolute Gasteiger partial charge is 0.0227 e. The van der Waals surface area contributed by atoms with E-state index in [1.807, 2.05) is 0 Å². The van der Waals surface area contributed by atoms with Gasteiger partial charge >= 0.3 is 0 Å². The second-order valence-corrected chi connectivity index (χ2v) is 7.93. The van der Waals surface area contributed by atoms with Crippen LogP contribution in [0.15, 0.2) is 0 Å². The first kappa shape index (κ1) is 15.7. The topological polar surface area (TPSA) is 30.5 Å². The van der Waals surface area contributed by atoms with Gasteiger partial charge in [0.05, 0.1) is 0 Å². The molecule has 0 aromatic rings. The van der Waals surface area contributed by atoms with Crippen LogP contribution in [0.4, 0.5) is 0 Å². The van der Waals surface area contributed by atoms with Crippen molar-refractivity contribution in [1.82, 2.24) is 20.4 Å². The zero-order valence-corrected chi connectivity index (χ0v) is 14.3. The molecular weight excluding hydrogens is 260 g/mol. The number of nitrogens with one attached hydrogen (secondary N) is 2. The maximum Gasteiger partial charge on any atom is 0.0227 e. The number of hydrogen-bond donors (Lipinski definition) is 2. The highest BCUT2D eigenvalue weighted by molar-refractivity contribution is 4.98. The number of hydrogen-bond acceptors (Lipinski definition) is 4. The molecule has 0 spiro atoms. The Labute approximate surface area is 130 Å². The van der Waals surface area contributed by atoms with Crippen LogP contribution in [0.5, 0.6) is 0 Å². The lowest BCUT2D eigenvalue weighted by molar-refractivity contribution is 0.0563. The first-order valence-corrected chi connectivity index (χ1v) is 9.03. The molecule has 4 atom stereocenters. The standard InChI is InChI=1S/C9H18N2.C8H16N2/c1-7(2)11-8-3-4-9(11)6-10-5-8;1-6(2)10-4-7-3-8(5-10)9-7/h7-10H,3-6H2,1-2H3;6-9H,3-5H2,1-2H3. The largest absolute Gasteiger partial charge is 0.314 e. The van der Waals surface area contributed by atoms with Gasteiger partial charge in [-0.3, -0.25) is 9.80 Å². The van der Waals surface area contributed by atoms with Crippen LogP contribution in [0.25, 0.3) is 0 Å². The summed E-state index contributed by atoms with van der Waals surface area (Å²) in [5, 5.41) is 7.01. The van der Waals surface area contributed by atoms with Crippen molar-refractivity contribution in [3.63, 3.8) is 0 Å². The van der Waals surface area contributed by atoms with E-state index in [0.717, 1.165) is 36.3 Å². The van der Waals surface area contributed by atoms with E-state index in [-0.39, 0.29) is 0 Å². The van der Waals surface area contributed by atoms with Crippen molar-refractivity contribution in [3.8, 4) is 0 Å². The molecule has 5 aliphatic heterocycles. The first-order valence-electron chi connectivity index (χ1n) is 9.03. The summed E-state index contributed by atoms with van der Waals surface area (Å²) in [6, 6.07) is 4.81. The third-order valence-electron chi connectivity index (χ3n) is 5.71. The Kier molecular flexibility index (Phi) is 4.89. The molecule has 2 N–H and O–H groups in total. The molecule has 5 rings (SSSR count). The Morgan fingerprint density at radius 1 is 0.857 bits per heavy atom. The second-order valence-electron chi connectivity index (χ2n) is 7.93. The monoisotopic (exact) mass is 294 g/mol. The maximum atomic E-state index is 3.52. The molecule has 4 bridgehead atoms. The SMILES string of the molecule is CC(C)N1C2CCC1CNC2.CC(C)N1CC2CC(C1)N2. The predicted molar refractivity (Wildman–Crippen MR) is 88.7 cm³/mol. The summed E-state index contributed by atoms with van der Waals surface area (Å²) < 4.78 is 0. The van der Waals surface area contributed by atoms with Gasteiger partial charge < -0.3 is 10.6 Å². The average Bonchev–Trinajstić information content (AvgIpc) is 2.69. The molecule has 4 nitrogen and oxygen atoms in total. The summed E-state index contributed by atoms with van der Waals surface area (Å²) in [7, 11) is 0. The van der Waals surface area contributed by atoms with E-state index in [1.54, 1.807) is 0 Å². The molecule has 0 aromatic carbocycles. The molecule has 4 unspecified atom stereocenters. The average molecular weight is 294 g/mol. The molecule has 4 heteroatoms. The summed E-state index contributed by atoms with van der Waals surface area (Å²) in [4.78, 5) is 5.26. The normalized spacial score (nSPS) is 39.1. The zero-order chi connectivity index (χ0) is 15.0. The van der Waals surface area contributed by atoms with E-state index >= 15 is 0 Å². The minimum Gasteiger partial charge on any atom is -0.314 e. The Bertz CT molecular complexity index is 312. The molecule has 0 saturated carbocycles. The Balaban J connectivity index is 0.000000126. The van der Waals surface area contributed by atoms with Gasteiger partial charge in [0.15, 0.2) is 0 Å². The van der Waals surface area contributed by atoms with Gasteiger partial charge in [-0.05, 0) is 47.0 Å². The minimum absolute atomic E-state index is 0.743. The Morgan fingerprint density at radius 2 is 1.38 bits per heavy atom. The van der Waals surface area contributed by atoms with Crippen molar-refractivity contribution in [2.75, 3.05) is 26.2 Å². The third kappa shape index (κ3) is 3.44. The van der Waals surface area contributed by atoms with Gasteiger partial charge in [-0.15, -0.1) is 0 Å². The molecule has 0 aromatic heterocycles. The molecule has 122 valence electrons. The number of piperazine rings is 2. The van der Waals surface area contributed by atoms with Crippen molar-refractivity contribution < 1.29 is 0 Å². The highest BCUT2D eigenvalue weighted by Gasteiger charge is 2.38. The molecule has 5 saturated heterocycles. The van der Waals surface area contributed by atoms with Crippen LogP contribution < -0.4 is 10.6 Å². The fourth-order valence-corrected chi connectivity index (χ4v) is 4.63. The first-order chi connectivity index (χ1) is 10.0. The van der Waals surface area contributed by atoms with Gasteiger partial charge in [0.25, 0.3) is 0 Å². The quantitative estimate of drug-likeness (QED) is 0.803. The third-order valence-corrected chi connectivity index (χ3v) is 5.71. The van der Waals surface area contributed by atoms with Crippen LogP contribution in [0, 0.1) is 0 Å². The van der Waals surface area contributed by atoms with Gasteiger partial charge in [0.1, 0.15) is 0 Å². The molecule has 5 aliphatic rings. The summed E-state index contributed by atoms with van der Waals surface area (Å²) in [5.74, 6) is 0. The van der Waals surface area contributed by atoms with Crippen LogP contribution >= 0.6 is 0 Å². The van der Waals surface area contributed by atoms with Crippen molar-refractivity contribution in [2.24, 2.45) is 0 Å². The molecule has 5 heterocycles. The van der Waals surface area contributed by atoms with Crippen molar-refractivity contribution in [1.29, 1.82) is 0 Å². The van der Waals surface area contributed by atoms with Gasteiger partial charge in [-0.1, -0.05) is 0 Å². The molecule has 0 radical (unpaired) electrons. The van der Waals surface area contributed by atoms with E-state index in [9.17, 15) is 0 Å². The molecule has 0 amide bonds. The van der Waals surface area contributed by atoms with E-state index in [1.165, 1.54) is 45.4 Å². The molecular formula is C17H34N4. The van der Waals surface area contributed by atoms with Crippen LogP contribution in [-0.2, 0) is 0 Å². The van der Waals surface area contributed by atoms with Crippen molar-refractivity contribution >= 4 is 0 Å². The van der Waals surface area contributed by atoms with Crippen LogP contribution in [0.3, 0.4) is 0 Å². The van der Waals surface area contributed by atoms with Gasteiger partial charge in [-0.25, -0.2) is 0 Å². The number of nitrogens with zero attached hydrogens (tertiary/aromatic N) is 2. The Morgan fingerprint density at radius 3 is 1.71 bits per heavy atom. The van der Waals surface area contributed by atoms with E-state index in [4.69, 9.17) is 0 Å². The zero-order valence-electron chi connectivity index (χ0n) is 14.3. The van der Waals surface area contributed by atoms with Gasteiger partial charge in [0.2, 0.25) is 0 Å². The van der Waals surface area contributed by atoms with Crippen LogP contribution in [-0.4, -0.2) is 72.2 Å². The summed E-state index contributed by atoms with van der Waals surface area (Å²) >= 11 is 0. The second kappa shape index (κ2) is 6.53. The molecule has 21 heavy (non-hydrogen) atoms. The summed E-state index contributed by atoms with van der Waals surface area (Å²) in [6.07, 6.45) is 4.24. The van der Waals surface area contributed by atoms with E-state index in [0.29, 0.717) is 0 Å². The number of rotatable bonds is 2. The highest BCUT2D eigenvalue weighted by Crippen LogP contribution is 2.28. The Hall–Kier alpha value is -0.160. The highest BCUT2D eigenvalue weighted by atomic mass is 15.3. The van der Waals surface area contributed by atoms with Gasteiger partial charge in [0, 0.05) is 62.4 Å². The van der Waals surface area contributed by atoms with Crippen LogP contribution in [0.1, 0.15) is 47.0 Å². The fourth-order valence-electron chi connectivity index (χ4n) is 4.63. The predicted octanol–water partition coefficient (Wildman–Crippen LogP) is 1.27. The van der Waals surface area contributed by atoms with Crippen molar-refractivity contribution in [3.05, 3.63) is 0 Å². The van der Waals surface area contributed by atoms with E-state index < -0.39 is 0 Å². The van der Waals surface area contributed by atoms with Crippen molar-refractivity contribution in [2.45, 2.75) is 83.2 Å². The molecule has 5 fully saturated rings. The summed E-state index contributed by atoms with van der Waals surface area (Å²) in [5.41, 5.74) is 0. The minimum atomic E-state index is 0.743. The van der Waals surface area contributed by atoms with Gasteiger partial charge in [-0.2, -0.15) is 0 Å². The van der Waals surface area contributed by atoms with Crippen LogP contribution in [0.2, 0.25) is 0 Å². The number of piperidine rings is 1. The lowest BCUT2D eigenvalue weighted by Crippen LogP contribution is -2.67. The fraction of sp³-hybridized carbons (Fsp3) is 1.00. The number of fused-ring (bicyclic) bond motifs is 4. The lowest BCUT2D eigenvalue weighted by atomic mass is 9.90. The molecule has 0 aliphatic carbocycles.